The van der Waals surface area contributed by atoms with Crippen molar-refractivity contribution < 1.29 is 13.2 Å². The molecule has 0 aliphatic heterocycles. The van der Waals surface area contributed by atoms with Crippen LogP contribution in [0.3, 0.4) is 0 Å². The summed E-state index contributed by atoms with van der Waals surface area (Å²) in [5, 5.41) is 0. The Bertz CT molecular complexity index is 11.6. The number of hydrogen-bond donors (Lipinski definition) is 1. The smallest absolute Gasteiger partial charge is 0.344 e. The van der Waals surface area contributed by atoms with Crippen LogP contribution in [0.25, 0.3) is 0 Å². The zero-order chi connectivity index (χ0) is 3.58. The summed E-state index contributed by atoms with van der Waals surface area (Å²) in [5.74, 6) is 0. The minimum atomic E-state index is -3.67. The Morgan fingerprint density at radius 2 is 1.00 bits per heavy atom. The van der Waals surface area contributed by atoms with Crippen molar-refractivity contribution in [2.45, 2.75) is 6.68 Å². The molecule has 3 N–H and O–H groups in total. The third-order valence-corrected chi connectivity index (χ3v) is 0. The molecule has 0 aromatic heterocycles. The van der Waals surface area contributed by atoms with Crippen molar-refractivity contribution in [3.63, 3.8) is 0 Å². The van der Waals surface area contributed by atoms with Gasteiger partial charge in [-0.25, -0.2) is 0 Å². The fraction of sp³-hybridized carbons (Fsp3) is 1.00. The monoisotopic (exact) mass is 87.0 g/mol. The molecule has 0 bridgehead atoms. The maximum Gasteiger partial charge on any atom is 0.379 e. The van der Waals surface area contributed by atoms with Gasteiger partial charge in [-0.2, -0.15) is 13.2 Å². The SMILES string of the molecule is FC(F)F.N. The topological polar surface area (TPSA) is 35.0 Å². The number of rotatable bonds is 0. The summed E-state index contributed by atoms with van der Waals surface area (Å²) < 4.78 is 29.0. The summed E-state index contributed by atoms with van der Waals surface area (Å²) >= 11 is 0. The Kier molecular flexibility index (Phi) is 6.62. The molecule has 34 valence electrons. The van der Waals surface area contributed by atoms with E-state index >= 15 is 0 Å². The van der Waals surface area contributed by atoms with E-state index in [-0.39, 0.29) is 6.15 Å². The lowest BCUT2D eigenvalue weighted by Crippen LogP contribution is -1.65. The molecule has 0 unspecified atom stereocenters. The van der Waals surface area contributed by atoms with Gasteiger partial charge >= 0.3 is 6.68 Å². The van der Waals surface area contributed by atoms with Gasteiger partial charge in [-0.15, -0.1) is 0 Å². The van der Waals surface area contributed by atoms with E-state index in [0.717, 1.165) is 0 Å². The van der Waals surface area contributed by atoms with E-state index in [4.69, 9.17) is 0 Å². The summed E-state index contributed by atoms with van der Waals surface area (Å²) in [4.78, 5) is 0. The first kappa shape index (κ1) is 8.83. The molecular formula is CH4F3N. The lowest BCUT2D eigenvalue weighted by atomic mass is 11.6. The maximum absolute atomic E-state index is 9.67. The minimum Gasteiger partial charge on any atom is -0.344 e. The third kappa shape index (κ3) is 184. The van der Waals surface area contributed by atoms with Crippen LogP contribution in [0.2, 0.25) is 0 Å². The molecule has 5 heavy (non-hydrogen) atoms. The van der Waals surface area contributed by atoms with Gasteiger partial charge in [0.2, 0.25) is 0 Å². The van der Waals surface area contributed by atoms with Crippen LogP contribution >= 0.6 is 0 Å². The summed E-state index contributed by atoms with van der Waals surface area (Å²) in [5.41, 5.74) is 0. The van der Waals surface area contributed by atoms with Gasteiger partial charge in [0.25, 0.3) is 0 Å². The molecule has 0 aliphatic carbocycles. The summed E-state index contributed by atoms with van der Waals surface area (Å²) in [6, 6.07) is 0. The average Bonchev–Trinajstić information content (AvgIpc) is 0.811. The highest BCUT2D eigenvalue weighted by Crippen LogP contribution is 1.87. The molecule has 0 amide bonds. The largest absolute Gasteiger partial charge is 0.379 e. The van der Waals surface area contributed by atoms with E-state index in [0.29, 0.717) is 0 Å². The standard InChI is InChI=1S/CHF3.H3N/c2-1(3)4;/h1H;1H3. The van der Waals surface area contributed by atoms with Gasteiger partial charge in [-0.3, -0.25) is 0 Å². The predicted octanol–water partition coefficient (Wildman–Crippen LogP) is 1.34. The van der Waals surface area contributed by atoms with Crippen LogP contribution in [-0.4, -0.2) is 6.68 Å². The second-order valence-corrected chi connectivity index (χ2v) is 0.247. The lowest BCUT2D eigenvalue weighted by molar-refractivity contribution is 0.00819. The number of halogens is 3. The zero-order valence-electron chi connectivity index (χ0n) is 2.42. The molecule has 0 rings (SSSR count). The van der Waals surface area contributed by atoms with Crippen molar-refractivity contribution in [1.29, 1.82) is 0 Å². The van der Waals surface area contributed by atoms with Gasteiger partial charge in [-0.1, -0.05) is 0 Å². The molecule has 1 nitrogen and oxygen atoms in total. The molecule has 0 heterocycles. The van der Waals surface area contributed by atoms with Gasteiger partial charge < -0.3 is 6.15 Å². The molecule has 0 atom stereocenters. The highest BCUT2D eigenvalue weighted by Gasteiger charge is 1.86. The van der Waals surface area contributed by atoms with E-state index in [1.807, 2.05) is 0 Å². The van der Waals surface area contributed by atoms with Gasteiger partial charge in [0.1, 0.15) is 0 Å². The Morgan fingerprint density at radius 3 is 1.00 bits per heavy atom. The minimum absolute atomic E-state index is 0. The number of hydrogen-bond acceptors (Lipinski definition) is 1. The molecule has 0 aromatic rings. The molecule has 0 saturated heterocycles. The van der Waals surface area contributed by atoms with Crippen LogP contribution in [0.1, 0.15) is 0 Å². The Labute approximate surface area is 27.4 Å². The molecular weight excluding hydrogens is 83.0 g/mol. The van der Waals surface area contributed by atoms with Crippen LogP contribution in [0, 0.1) is 0 Å². The molecule has 0 radical (unpaired) electrons. The Morgan fingerprint density at radius 1 is 1.00 bits per heavy atom. The lowest BCUT2D eigenvalue weighted by Gasteiger charge is -1.65. The van der Waals surface area contributed by atoms with Crippen molar-refractivity contribution in [3.05, 3.63) is 0 Å². The van der Waals surface area contributed by atoms with Crippen molar-refractivity contribution in [3.8, 4) is 0 Å². The Hall–Kier alpha value is -0.250. The van der Waals surface area contributed by atoms with E-state index in [2.05, 4.69) is 0 Å². The first-order valence-electron chi connectivity index (χ1n) is 0.655. The van der Waals surface area contributed by atoms with Crippen molar-refractivity contribution >= 4 is 0 Å². The molecule has 0 fully saturated rings. The van der Waals surface area contributed by atoms with Crippen molar-refractivity contribution in [1.82, 2.24) is 6.15 Å². The molecule has 0 aromatic carbocycles. The van der Waals surface area contributed by atoms with Crippen molar-refractivity contribution in [2.75, 3.05) is 0 Å². The quantitative estimate of drug-likeness (QED) is 0.475. The van der Waals surface area contributed by atoms with Gasteiger partial charge in [-0.05, 0) is 0 Å². The predicted molar refractivity (Wildman–Crippen MR) is 12.1 cm³/mol. The van der Waals surface area contributed by atoms with Crippen LogP contribution in [-0.2, 0) is 0 Å². The first-order chi connectivity index (χ1) is 1.73. The number of alkyl halides is 3. The molecule has 0 aliphatic rings. The summed E-state index contributed by atoms with van der Waals surface area (Å²) in [6.45, 7) is -3.67. The van der Waals surface area contributed by atoms with Crippen molar-refractivity contribution in [2.24, 2.45) is 0 Å². The molecule has 4 heteroatoms. The maximum atomic E-state index is 9.67. The van der Waals surface area contributed by atoms with E-state index in [1.165, 1.54) is 0 Å². The van der Waals surface area contributed by atoms with Gasteiger partial charge in [0, 0.05) is 0 Å². The van der Waals surface area contributed by atoms with E-state index < -0.39 is 6.68 Å². The van der Waals surface area contributed by atoms with Gasteiger partial charge in [0.05, 0.1) is 0 Å². The van der Waals surface area contributed by atoms with E-state index in [9.17, 15) is 13.2 Å². The second-order valence-electron chi connectivity index (χ2n) is 0.247. The summed E-state index contributed by atoms with van der Waals surface area (Å²) in [6.07, 6.45) is 0. The Balaban J connectivity index is 0. The molecule has 0 spiro atoms. The normalized spacial score (nSPS) is 7.20. The van der Waals surface area contributed by atoms with Crippen LogP contribution in [0.15, 0.2) is 0 Å². The summed E-state index contributed by atoms with van der Waals surface area (Å²) in [7, 11) is 0. The highest BCUT2D eigenvalue weighted by atomic mass is 19.4. The van der Waals surface area contributed by atoms with E-state index in [1.54, 1.807) is 0 Å². The van der Waals surface area contributed by atoms with Crippen LogP contribution < -0.4 is 6.15 Å². The zero-order valence-corrected chi connectivity index (χ0v) is 2.42. The van der Waals surface area contributed by atoms with Gasteiger partial charge in [0.15, 0.2) is 0 Å². The van der Waals surface area contributed by atoms with Crippen LogP contribution in [0.5, 0.6) is 0 Å². The molecule has 0 saturated carbocycles. The highest BCUT2D eigenvalue weighted by molar-refractivity contribution is 3.83. The second kappa shape index (κ2) is 3.75. The first-order valence-corrected chi connectivity index (χ1v) is 0.655. The third-order valence-electron chi connectivity index (χ3n) is 0. The van der Waals surface area contributed by atoms with Crippen LogP contribution in [0.4, 0.5) is 13.2 Å². The fourth-order valence-corrected chi connectivity index (χ4v) is 0. The fourth-order valence-electron chi connectivity index (χ4n) is 0. The average molecular weight is 87.0 g/mol.